The summed E-state index contributed by atoms with van der Waals surface area (Å²) >= 11 is 0. The Morgan fingerprint density at radius 2 is 1.92 bits per heavy atom. The lowest BCUT2D eigenvalue weighted by atomic mass is 10.1. The SMILES string of the molecule is C=CCC(NC(=O)OC(C)(C)C)C(=O)NC(C)c1ccccc1[N+](=O)[O-]. The van der Waals surface area contributed by atoms with E-state index < -0.39 is 34.6 Å². The number of alkyl carbamates (subject to hydrolysis) is 1. The van der Waals surface area contributed by atoms with Gasteiger partial charge in [-0.3, -0.25) is 14.9 Å². The number of carbonyl (C=O) groups is 2. The lowest BCUT2D eigenvalue weighted by molar-refractivity contribution is -0.385. The van der Waals surface area contributed by atoms with Crippen molar-refractivity contribution >= 4 is 17.7 Å². The van der Waals surface area contributed by atoms with E-state index in [0.717, 1.165) is 0 Å². The van der Waals surface area contributed by atoms with Gasteiger partial charge in [0.15, 0.2) is 0 Å². The Hall–Kier alpha value is -2.90. The zero-order valence-electron chi connectivity index (χ0n) is 15.4. The molecule has 0 aliphatic heterocycles. The predicted molar refractivity (Wildman–Crippen MR) is 97.6 cm³/mol. The number of para-hydroxylation sites is 1. The largest absolute Gasteiger partial charge is 0.444 e. The van der Waals surface area contributed by atoms with Crippen molar-refractivity contribution in [3.8, 4) is 0 Å². The van der Waals surface area contributed by atoms with Crippen LogP contribution in [0.15, 0.2) is 36.9 Å². The molecule has 1 aromatic rings. The van der Waals surface area contributed by atoms with E-state index in [0.29, 0.717) is 5.56 Å². The molecule has 8 nitrogen and oxygen atoms in total. The monoisotopic (exact) mass is 363 g/mol. The molecule has 2 N–H and O–H groups in total. The summed E-state index contributed by atoms with van der Waals surface area (Å²) in [6, 6.07) is 4.65. The number of ether oxygens (including phenoxy) is 1. The molecule has 0 radical (unpaired) electrons. The summed E-state index contributed by atoms with van der Waals surface area (Å²) in [5.74, 6) is -0.485. The summed E-state index contributed by atoms with van der Waals surface area (Å²) in [5.41, 5.74) is -0.404. The molecule has 26 heavy (non-hydrogen) atoms. The zero-order valence-corrected chi connectivity index (χ0v) is 15.4. The van der Waals surface area contributed by atoms with Gasteiger partial charge in [0.2, 0.25) is 5.91 Å². The van der Waals surface area contributed by atoms with Crippen molar-refractivity contribution < 1.29 is 19.2 Å². The Kier molecular flexibility index (Phi) is 7.30. The fraction of sp³-hybridized carbons (Fsp3) is 0.444. The molecule has 0 aromatic heterocycles. The second-order valence-electron chi connectivity index (χ2n) is 6.77. The normalized spacial score (nSPS) is 13.2. The van der Waals surface area contributed by atoms with Gasteiger partial charge in [-0.2, -0.15) is 0 Å². The van der Waals surface area contributed by atoms with E-state index in [-0.39, 0.29) is 12.1 Å². The summed E-state index contributed by atoms with van der Waals surface area (Å²) in [6.07, 6.45) is 0.962. The van der Waals surface area contributed by atoms with Crippen LogP contribution in [0.2, 0.25) is 0 Å². The molecule has 0 fully saturated rings. The first-order valence-electron chi connectivity index (χ1n) is 8.19. The van der Waals surface area contributed by atoms with Crippen molar-refractivity contribution in [3.63, 3.8) is 0 Å². The average molecular weight is 363 g/mol. The Morgan fingerprint density at radius 3 is 2.46 bits per heavy atom. The van der Waals surface area contributed by atoms with Gasteiger partial charge >= 0.3 is 6.09 Å². The highest BCUT2D eigenvalue weighted by atomic mass is 16.6. The molecule has 8 heteroatoms. The highest BCUT2D eigenvalue weighted by Crippen LogP contribution is 2.24. The molecular weight excluding hydrogens is 338 g/mol. The average Bonchev–Trinajstić information content (AvgIpc) is 2.52. The van der Waals surface area contributed by atoms with Crippen LogP contribution in [0.1, 0.15) is 45.7 Å². The van der Waals surface area contributed by atoms with Crippen LogP contribution in [0.3, 0.4) is 0 Å². The van der Waals surface area contributed by atoms with Crippen LogP contribution in [0.4, 0.5) is 10.5 Å². The molecule has 0 aliphatic carbocycles. The number of nitrogens with one attached hydrogen (secondary N) is 2. The third-order valence-electron chi connectivity index (χ3n) is 3.37. The maximum Gasteiger partial charge on any atom is 0.408 e. The minimum Gasteiger partial charge on any atom is -0.444 e. The highest BCUT2D eigenvalue weighted by Gasteiger charge is 2.26. The quantitative estimate of drug-likeness (QED) is 0.439. The Balaban J connectivity index is 2.85. The van der Waals surface area contributed by atoms with Crippen LogP contribution in [0.5, 0.6) is 0 Å². The van der Waals surface area contributed by atoms with Gasteiger partial charge in [-0.05, 0) is 34.1 Å². The van der Waals surface area contributed by atoms with Crippen molar-refractivity contribution in [3.05, 3.63) is 52.6 Å². The maximum atomic E-state index is 12.5. The zero-order chi connectivity index (χ0) is 19.9. The number of benzene rings is 1. The van der Waals surface area contributed by atoms with Gasteiger partial charge < -0.3 is 15.4 Å². The molecule has 0 saturated heterocycles. The molecule has 0 heterocycles. The first-order chi connectivity index (χ1) is 12.0. The van der Waals surface area contributed by atoms with Gasteiger partial charge in [0.25, 0.3) is 5.69 Å². The fourth-order valence-electron chi connectivity index (χ4n) is 2.26. The van der Waals surface area contributed by atoms with E-state index in [2.05, 4.69) is 17.2 Å². The molecule has 0 bridgehead atoms. The molecule has 142 valence electrons. The van der Waals surface area contributed by atoms with Gasteiger partial charge in [-0.25, -0.2) is 4.79 Å². The molecule has 0 saturated carbocycles. The van der Waals surface area contributed by atoms with E-state index in [1.54, 1.807) is 45.9 Å². The fourth-order valence-corrected chi connectivity index (χ4v) is 2.26. The molecular formula is C18H25N3O5. The van der Waals surface area contributed by atoms with Crippen LogP contribution in [-0.2, 0) is 9.53 Å². The van der Waals surface area contributed by atoms with Gasteiger partial charge in [-0.1, -0.05) is 24.3 Å². The molecule has 2 atom stereocenters. The minimum absolute atomic E-state index is 0.0827. The summed E-state index contributed by atoms with van der Waals surface area (Å²) < 4.78 is 5.15. The maximum absolute atomic E-state index is 12.5. The number of nitrogens with zero attached hydrogens (tertiary/aromatic N) is 1. The van der Waals surface area contributed by atoms with Crippen LogP contribution in [-0.4, -0.2) is 28.6 Å². The van der Waals surface area contributed by atoms with Crippen molar-refractivity contribution in [2.75, 3.05) is 0 Å². The number of hydrogen-bond donors (Lipinski definition) is 2. The van der Waals surface area contributed by atoms with Gasteiger partial charge in [0.05, 0.1) is 16.5 Å². The van der Waals surface area contributed by atoms with Crippen molar-refractivity contribution in [2.24, 2.45) is 0 Å². The predicted octanol–water partition coefficient (Wildman–Crippen LogP) is 3.24. The number of nitro benzene ring substituents is 1. The number of amides is 2. The van der Waals surface area contributed by atoms with Crippen LogP contribution < -0.4 is 10.6 Å². The lowest BCUT2D eigenvalue weighted by Gasteiger charge is -2.24. The minimum atomic E-state index is -0.896. The Labute approximate surface area is 152 Å². The molecule has 2 unspecified atom stereocenters. The number of rotatable bonds is 7. The van der Waals surface area contributed by atoms with Crippen molar-refractivity contribution in [1.29, 1.82) is 0 Å². The summed E-state index contributed by atoms with van der Waals surface area (Å²) in [7, 11) is 0. The summed E-state index contributed by atoms with van der Waals surface area (Å²) in [4.78, 5) is 35.0. The van der Waals surface area contributed by atoms with E-state index >= 15 is 0 Å². The van der Waals surface area contributed by atoms with E-state index in [9.17, 15) is 19.7 Å². The topological polar surface area (TPSA) is 111 Å². The number of carbonyl (C=O) groups excluding carboxylic acids is 2. The van der Waals surface area contributed by atoms with Gasteiger partial charge in [-0.15, -0.1) is 6.58 Å². The van der Waals surface area contributed by atoms with Gasteiger partial charge in [0, 0.05) is 6.07 Å². The highest BCUT2D eigenvalue weighted by molar-refractivity contribution is 5.86. The van der Waals surface area contributed by atoms with Crippen molar-refractivity contribution in [2.45, 2.75) is 51.8 Å². The Morgan fingerprint density at radius 1 is 1.31 bits per heavy atom. The molecule has 1 rings (SSSR count). The van der Waals surface area contributed by atoms with E-state index in [4.69, 9.17) is 4.74 Å². The molecule has 0 spiro atoms. The third-order valence-corrected chi connectivity index (χ3v) is 3.37. The van der Waals surface area contributed by atoms with E-state index in [1.165, 1.54) is 12.1 Å². The first-order valence-corrected chi connectivity index (χ1v) is 8.19. The first kappa shape index (κ1) is 21.1. The van der Waals surface area contributed by atoms with Gasteiger partial charge in [0.1, 0.15) is 11.6 Å². The van der Waals surface area contributed by atoms with E-state index in [1.807, 2.05) is 0 Å². The lowest BCUT2D eigenvalue weighted by Crippen LogP contribution is -2.48. The number of hydrogen-bond acceptors (Lipinski definition) is 5. The second-order valence-corrected chi connectivity index (χ2v) is 6.77. The second kappa shape index (κ2) is 8.98. The third kappa shape index (κ3) is 6.54. The molecule has 2 amide bonds. The van der Waals surface area contributed by atoms with Crippen LogP contribution in [0, 0.1) is 10.1 Å². The summed E-state index contributed by atoms with van der Waals surface area (Å²) in [5, 5.41) is 16.3. The standard InChI is InChI=1S/C18H25N3O5/c1-6-9-14(20-17(23)26-18(3,4)5)16(22)19-12(2)13-10-7-8-11-15(13)21(24)25/h6-8,10-12,14H,1,9H2,2-5H3,(H,19,22)(H,20,23). The number of nitro groups is 1. The summed E-state index contributed by atoms with van der Waals surface area (Å²) in [6.45, 7) is 10.4. The van der Waals surface area contributed by atoms with Crippen molar-refractivity contribution in [1.82, 2.24) is 10.6 Å². The molecule has 1 aromatic carbocycles. The smallest absolute Gasteiger partial charge is 0.408 e. The molecule has 0 aliphatic rings. The van der Waals surface area contributed by atoms with Crippen LogP contribution >= 0.6 is 0 Å². The van der Waals surface area contributed by atoms with Crippen LogP contribution in [0.25, 0.3) is 0 Å². The Bertz CT molecular complexity index is 682.